The molecule has 0 bridgehead atoms. The molecule has 0 amide bonds. The van der Waals surface area contributed by atoms with Crippen LogP contribution in [0, 0.1) is 5.82 Å². The second-order valence-electron chi connectivity index (χ2n) is 2.28. The van der Waals surface area contributed by atoms with Crippen LogP contribution in [0.4, 0.5) is 4.39 Å². The SMILES string of the molecule is COC(=O)C(Br)c1ccncc1F. The van der Waals surface area contributed by atoms with Gasteiger partial charge < -0.3 is 4.74 Å². The molecule has 0 N–H and O–H groups in total. The third-order valence-corrected chi connectivity index (χ3v) is 2.35. The third kappa shape index (κ3) is 2.24. The summed E-state index contributed by atoms with van der Waals surface area (Å²) in [5, 5.41) is 0. The number of ether oxygens (including phenoxy) is 1. The van der Waals surface area contributed by atoms with Crippen molar-refractivity contribution < 1.29 is 13.9 Å². The van der Waals surface area contributed by atoms with Crippen molar-refractivity contribution in [1.82, 2.24) is 4.98 Å². The van der Waals surface area contributed by atoms with E-state index in [4.69, 9.17) is 0 Å². The molecule has 1 aromatic heterocycles. The largest absolute Gasteiger partial charge is 0.468 e. The number of aromatic nitrogens is 1. The topological polar surface area (TPSA) is 39.2 Å². The summed E-state index contributed by atoms with van der Waals surface area (Å²) in [4.78, 5) is 13.8. The van der Waals surface area contributed by atoms with Crippen LogP contribution >= 0.6 is 15.9 Å². The second-order valence-corrected chi connectivity index (χ2v) is 3.20. The number of carbonyl (C=O) groups excluding carboxylic acids is 1. The van der Waals surface area contributed by atoms with Gasteiger partial charge in [0.1, 0.15) is 10.6 Å². The summed E-state index contributed by atoms with van der Waals surface area (Å²) in [5.41, 5.74) is 0.224. The number of nitrogens with zero attached hydrogens (tertiary/aromatic N) is 1. The molecule has 5 heteroatoms. The molecule has 3 nitrogen and oxygen atoms in total. The van der Waals surface area contributed by atoms with E-state index < -0.39 is 16.6 Å². The van der Waals surface area contributed by atoms with E-state index in [9.17, 15) is 9.18 Å². The van der Waals surface area contributed by atoms with Gasteiger partial charge in [-0.15, -0.1) is 0 Å². The van der Waals surface area contributed by atoms with Crippen LogP contribution in [0.25, 0.3) is 0 Å². The van der Waals surface area contributed by atoms with Gasteiger partial charge in [0.2, 0.25) is 0 Å². The monoisotopic (exact) mass is 247 g/mol. The van der Waals surface area contributed by atoms with Crippen molar-refractivity contribution >= 4 is 21.9 Å². The maximum Gasteiger partial charge on any atom is 0.324 e. The Hall–Kier alpha value is -0.970. The first-order chi connectivity index (χ1) is 6.16. The Labute approximate surface area is 83.1 Å². The molecule has 0 aliphatic heterocycles. The van der Waals surface area contributed by atoms with Gasteiger partial charge in [-0.2, -0.15) is 0 Å². The van der Waals surface area contributed by atoms with Crippen LogP contribution in [0.1, 0.15) is 10.4 Å². The third-order valence-electron chi connectivity index (χ3n) is 1.48. The first-order valence-corrected chi connectivity index (χ1v) is 4.39. The Balaban J connectivity index is 2.95. The van der Waals surface area contributed by atoms with Crippen molar-refractivity contribution in [3.8, 4) is 0 Å². The summed E-state index contributed by atoms with van der Waals surface area (Å²) in [6.45, 7) is 0. The lowest BCUT2D eigenvalue weighted by molar-refractivity contribution is -0.139. The van der Waals surface area contributed by atoms with Crippen LogP contribution in [0.15, 0.2) is 18.5 Å². The molecule has 13 heavy (non-hydrogen) atoms. The smallest absolute Gasteiger partial charge is 0.324 e. The number of alkyl halides is 1. The number of carbonyl (C=O) groups is 1. The minimum absolute atomic E-state index is 0.224. The zero-order valence-corrected chi connectivity index (χ0v) is 8.42. The Morgan fingerprint density at radius 2 is 2.46 bits per heavy atom. The van der Waals surface area contributed by atoms with E-state index in [0.717, 1.165) is 6.20 Å². The maximum absolute atomic E-state index is 13.0. The van der Waals surface area contributed by atoms with Gasteiger partial charge in [-0.3, -0.25) is 9.78 Å². The van der Waals surface area contributed by atoms with Crippen molar-refractivity contribution in [3.05, 3.63) is 29.8 Å². The highest BCUT2D eigenvalue weighted by Gasteiger charge is 2.20. The highest BCUT2D eigenvalue weighted by molar-refractivity contribution is 9.09. The first-order valence-electron chi connectivity index (χ1n) is 3.48. The highest BCUT2D eigenvalue weighted by Crippen LogP contribution is 2.25. The highest BCUT2D eigenvalue weighted by atomic mass is 79.9. The van der Waals surface area contributed by atoms with E-state index in [2.05, 4.69) is 25.7 Å². The zero-order valence-electron chi connectivity index (χ0n) is 6.83. The second kappa shape index (κ2) is 4.32. The summed E-state index contributed by atoms with van der Waals surface area (Å²) in [6, 6.07) is 1.42. The number of rotatable bonds is 2. The predicted molar refractivity (Wildman–Crippen MR) is 47.9 cm³/mol. The molecule has 0 aliphatic carbocycles. The molecular weight excluding hydrogens is 241 g/mol. The van der Waals surface area contributed by atoms with Crippen molar-refractivity contribution in [2.45, 2.75) is 4.83 Å². The molecule has 0 saturated heterocycles. The lowest BCUT2D eigenvalue weighted by Crippen LogP contribution is -2.09. The fourth-order valence-electron chi connectivity index (χ4n) is 0.822. The molecule has 1 heterocycles. The molecule has 0 aromatic carbocycles. The molecule has 0 aliphatic rings. The van der Waals surface area contributed by atoms with Crippen molar-refractivity contribution in [2.75, 3.05) is 7.11 Å². The quantitative estimate of drug-likeness (QED) is 0.592. The Morgan fingerprint density at radius 3 is 3.00 bits per heavy atom. The van der Waals surface area contributed by atoms with Crippen LogP contribution in [-0.4, -0.2) is 18.1 Å². The van der Waals surface area contributed by atoms with E-state index in [1.165, 1.54) is 19.4 Å². The maximum atomic E-state index is 13.0. The van der Waals surface area contributed by atoms with Gasteiger partial charge in [-0.05, 0) is 6.07 Å². The molecule has 1 aromatic rings. The number of hydrogen-bond acceptors (Lipinski definition) is 3. The van der Waals surface area contributed by atoms with Crippen molar-refractivity contribution in [2.24, 2.45) is 0 Å². The van der Waals surface area contributed by atoms with Crippen LogP contribution < -0.4 is 0 Å². The molecule has 0 fully saturated rings. The summed E-state index contributed by atoms with van der Waals surface area (Å²) in [7, 11) is 1.25. The van der Waals surface area contributed by atoms with E-state index in [1.54, 1.807) is 0 Å². The van der Waals surface area contributed by atoms with Crippen LogP contribution in [-0.2, 0) is 9.53 Å². The lowest BCUT2D eigenvalue weighted by Gasteiger charge is -2.07. The molecule has 70 valence electrons. The number of pyridine rings is 1. The van der Waals surface area contributed by atoms with Gasteiger partial charge in [0.15, 0.2) is 0 Å². The Bertz CT molecular complexity index is 319. The van der Waals surface area contributed by atoms with Gasteiger partial charge in [-0.1, -0.05) is 15.9 Å². The fraction of sp³-hybridized carbons (Fsp3) is 0.250. The fourth-order valence-corrected chi connectivity index (χ4v) is 1.38. The van der Waals surface area contributed by atoms with E-state index in [0.29, 0.717) is 0 Å². The van der Waals surface area contributed by atoms with Gasteiger partial charge in [0.05, 0.1) is 13.3 Å². The standard InChI is InChI=1S/C8H7BrFNO2/c1-13-8(12)7(9)5-2-3-11-4-6(5)10/h2-4,7H,1H3. The van der Waals surface area contributed by atoms with Crippen molar-refractivity contribution in [3.63, 3.8) is 0 Å². The summed E-state index contributed by atoms with van der Waals surface area (Å²) < 4.78 is 17.5. The Kier molecular flexibility index (Phi) is 3.36. The molecular formula is C8H7BrFNO2. The molecule has 1 rings (SSSR count). The zero-order chi connectivity index (χ0) is 9.84. The minimum atomic E-state index is -0.777. The van der Waals surface area contributed by atoms with E-state index in [1.807, 2.05) is 0 Å². The first kappa shape index (κ1) is 10.1. The van der Waals surface area contributed by atoms with Crippen LogP contribution in [0.2, 0.25) is 0 Å². The number of hydrogen-bond donors (Lipinski definition) is 0. The van der Waals surface area contributed by atoms with Gasteiger partial charge in [0.25, 0.3) is 0 Å². The summed E-state index contributed by atoms with van der Waals surface area (Å²) in [6.07, 6.45) is 2.46. The number of esters is 1. The Morgan fingerprint density at radius 1 is 1.77 bits per heavy atom. The lowest BCUT2D eigenvalue weighted by atomic mass is 10.2. The average molecular weight is 248 g/mol. The normalized spacial score (nSPS) is 12.2. The predicted octanol–water partition coefficient (Wildman–Crippen LogP) is 1.83. The summed E-state index contributed by atoms with van der Waals surface area (Å²) >= 11 is 3.02. The summed E-state index contributed by atoms with van der Waals surface area (Å²) in [5.74, 6) is -1.07. The van der Waals surface area contributed by atoms with Crippen LogP contribution in [0.3, 0.4) is 0 Å². The van der Waals surface area contributed by atoms with Crippen LogP contribution in [0.5, 0.6) is 0 Å². The molecule has 0 saturated carbocycles. The molecule has 0 radical (unpaired) electrons. The molecule has 1 atom stereocenters. The number of halogens is 2. The van der Waals surface area contributed by atoms with Crippen molar-refractivity contribution in [1.29, 1.82) is 0 Å². The van der Waals surface area contributed by atoms with E-state index in [-0.39, 0.29) is 5.56 Å². The van der Waals surface area contributed by atoms with Gasteiger partial charge >= 0.3 is 5.97 Å². The number of methoxy groups -OCH3 is 1. The molecule has 0 spiro atoms. The van der Waals surface area contributed by atoms with E-state index >= 15 is 0 Å². The van der Waals surface area contributed by atoms with Gasteiger partial charge in [-0.25, -0.2) is 4.39 Å². The average Bonchev–Trinajstić information content (AvgIpc) is 2.16. The van der Waals surface area contributed by atoms with Gasteiger partial charge in [0, 0.05) is 11.8 Å². The molecule has 1 unspecified atom stereocenters. The minimum Gasteiger partial charge on any atom is -0.468 e.